The van der Waals surface area contributed by atoms with Crippen molar-refractivity contribution in [1.82, 2.24) is 0 Å². The lowest BCUT2D eigenvalue weighted by Crippen LogP contribution is -2.38. The number of hydrogen-bond acceptors (Lipinski definition) is 2. The van der Waals surface area contributed by atoms with Crippen LogP contribution in [-0.2, 0) is 9.59 Å². The third-order valence-electron chi connectivity index (χ3n) is 3.00. The van der Waals surface area contributed by atoms with Gasteiger partial charge < -0.3 is 10.2 Å². The van der Waals surface area contributed by atoms with Crippen molar-refractivity contribution >= 4 is 18.0 Å². The highest BCUT2D eigenvalue weighted by molar-refractivity contribution is 5.98. The van der Waals surface area contributed by atoms with Gasteiger partial charge in [-0.25, -0.2) is 0 Å². The normalized spacial score (nSPS) is 11.6. The first-order chi connectivity index (χ1) is 8.53. The fourth-order valence-corrected chi connectivity index (χ4v) is 1.67. The molecule has 1 aromatic carbocycles. The second-order valence-electron chi connectivity index (χ2n) is 4.06. The van der Waals surface area contributed by atoms with Crippen LogP contribution in [0.25, 0.3) is 6.08 Å². The Kier molecular flexibility index (Phi) is 4.66. The zero-order chi connectivity index (χ0) is 13.6. The van der Waals surface area contributed by atoms with Crippen LogP contribution in [0.4, 0.5) is 0 Å². The molecule has 0 aliphatic rings. The predicted molar refractivity (Wildman–Crippen MR) is 68.1 cm³/mol. The van der Waals surface area contributed by atoms with Crippen LogP contribution in [0.1, 0.15) is 25.3 Å². The summed E-state index contributed by atoms with van der Waals surface area (Å²) in [4.78, 5) is 22.2. The third-order valence-corrected chi connectivity index (χ3v) is 3.00. The Bertz CT molecular complexity index is 434. The molecule has 0 heterocycles. The Hall–Kier alpha value is -2.10. The summed E-state index contributed by atoms with van der Waals surface area (Å²) in [6.07, 6.45) is 3.36. The maximum Gasteiger partial charge on any atom is 0.321 e. The van der Waals surface area contributed by atoms with Gasteiger partial charge in [0, 0.05) is 0 Å². The molecule has 18 heavy (non-hydrogen) atoms. The maximum atomic E-state index is 11.1. The first-order valence-corrected chi connectivity index (χ1v) is 5.71. The molecule has 0 radical (unpaired) electrons. The van der Waals surface area contributed by atoms with E-state index < -0.39 is 17.4 Å². The molecule has 0 spiro atoms. The summed E-state index contributed by atoms with van der Waals surface area (Å²) in [5.74, 6) is -2.59. The van der Waals surface area contributed by atoms with E-state index >= 15 is 0 Å². The van der Waals surface area contributed by atoms with E-state index in [1.807, 2.05) is 30.3 Å². The number of benzene rings is 1. The fourth-order valence-electron chi connectivity index (χ4n) is 1.67. The molecule has 4 nitrogen and oxygen atoms in total. The highest BCUT2D eigenvalue weighted by Crippen LogP contribution is 2.28. The Morgan fingerprint density at radius 3 is 2.17 bits per heavy atom. The average molecular weight is 248 g/mol. The van der Waals surface area contributed by atoms with E-state index in [9.17, 15) is 9.59 Å². The Balaban J connectivity index is 2.84. The van der Waals surface area contributed by atoms with Crippen LogP contribution in [0.3, 0.4) is 0 Å². The molecule has 0 fully saturated rings. The number of aliphatic carboxylic acids is 2. The minimum absolute atomic E-state index is 0.0247. The maximum absolute atomic E-state index is 11.1. The van der Waals surface area contributed by atoms with Crippen LogP contribution in [-0.4, -0.2) is 22.2 Å². The standard InChI is InChI=1S/C14H16O4/c1-2-14(12(15)16,13(17)18)10-6-9-11-7-4-3-5-8-11/h3-9H,2,10H2,1H3,(H,15,16)(H,17,18). The van der Waals surface area contributed by atoms with Gasteiger partial charge in [-0.1, -0.05) is 49.4 Å². The molecule has 0 atom stereocenters. The Morgan fingerprint density at radius 1 is 1.17 bits per heavy atom. The first-order valence-electron chi connectivity index (χ1n) is 5.71. The second kappa shape index (κ2) is 6.00. The number of carboxylic acid groups (broad SMARTS) is 2. The molecule has 1 rings (SSSR count). The zero-order valence-corrected chi connectivity index (χ0v) is 10.2. The molecule has 1 aromatic rings. The third kappa shape index (κ3) is 2.97. The topological polar surface area (TPSA) is 74.6 Å². The molecule has 0 unspecified atom stereocenters. The molecule has 96 valence electrons. The minimum atomic E-state index is -1.73. The second-order valence-corrected chi connectivity index (χ2v) is 4.06. The lowest BCUT2D eigenvalue weighted by Gasteiger charge is -2.21. The summed E-state index contributed by atoms with van der Waals surface area (Å²) in [6.45, 7) is 1.57. The van der Waals surface area contributed by atoms with Gasteiger partial charge in [0.05, 0.1) is 0 Å². The van der Waals surface area contributed by atoms with Crippen LogP contribution in [0, 0.1) is 5.41 Å². The van der Waals surface area contributed by atoms with E-state index in [1.54, 1.807) is 19.1 Å². The van der Waals surface area contributed by atoms with Gasteiger partial charge in [-0.05, 0) is 18.4 Å². The van der Waals surface area contributed by atoms with Crippen molar-refractivity contribution in [2.24, 2.45) is 5.41 Å². The van der Waals surface area contributed by atoms with Gasteiger partial charge in [0.25, 0.3) is 0 Å². The minimum Gasteiger partial charge on any atom is -0.480 e. The summed E-state index contributed by atoms with van der Waals surface area (Å²) < 4.78 is 0. The van der Waals surface area contributed by atoms with E-state index in [2.05, 4.69) is 0 Å². The highest BCUT2D eigenvalue weighted by atomic mass is 16.4. The van der Waals surface area contributed by atoms with Gasteiger partial charge >= 0.3 is 11.9 Å². The SMILES string of the molecule is CCC(CC=Cc1ccccc1)(C(=O)O)C(=O)O. The summed E-state index contributed by atoms with van der Waals surface area (Å²) in [7, 11) is 0. The quantitative estimate of drug-likeness (QED) is 0.759. The molecule has 4 heteroatoms. The summed E-state index contributed by atoms with van der Waals surface area (Å²) in [5.41, 5.74) is -0.816. The number of carbonyl (C=O) groups is 2. The van der Waals surface area contributed by atoms with Crippen molar-refractivity contribution in [1.29, 1.82) is 0 Å². The Labute approximate surface area is 106 Å². The number of hydrogen-bond donors (Lipinski definition) is 2. The van der Waals surface area contributed by atoms with Crippen molar-refractivity contribution in [3.8, 4) is 0 Å². The molecule has 2 N–H and O–H groups in total. The molecule has 0 aromatic heterocycles. The van der Waals surface area contributed by atoms with Gasteiger partial charge in [-0.3, -0.25) is 9.59 Å². The van der Waals surface area contributed by atoms with Crippen molar-refractivity contribution in [2.45, 2.75) is 19.8 Å². The van der Waals surface area contributed by atoms with E-state index in [1.165, 1.54) is 0 Å². The van der Waals surface area contributed by atoms with Crippen molar-refractivity contribution < 1.29 is 19.8 Å². The molecular formula is C14H16O4. The summed E-state index contributed by atoms with van der Waals surface area (Å²) >= 11 is 0. The average Bonchev–Trinajstić information content (AvgIpc) is 2.35. The van der Waals surface area contributed by atoms with E-state index in [0.717, 1.165) is 5.56 Å². The van der Waals surface area contributed by atoms with Crippen molar-refractivity contribution in [3.63, 3.8) is 0 Å². The monoisotopic (exact) mass is 248 g/mol. The van der Waals surface area contributed by atoms with Gasteiger partial charge in [0.2, 0.25) is 0 Å². The van der Waals surface area contributed by atoms with Gasteiger partial charge in [-0.15, -0.1) is 0 Å². The van der Waals surface area contributed by atoms with Crippen LogP contribution in [0.5, 0.6) is 0 Å². The lowest BCUT2D eigenvalue weighted by molar-refractivity contribution is -0.164. The Morgan fingerprint density at radius 2 is 1.72 bits per heavy atom. The molecular weight excluding hydrogens is 232 g/mol. The molecule has 0 saturated carbocycles. The number of rotatable bonds is 6. The molecule has 0 amide bonds. The lowest BCUT2D eigenvalue weighted by atomic mass is 9.81. The van der Waals surface area contributed by atoms with Crippen LogP contribution in [0.15, 0.2) is 36.4 Å². The summed E-state index contributed by atoms with van der Waals surface area (Å²) in [6, 6.07) is 9.34. The van der Waals surface area contributed by atoms with E-state index in [0.29, 0.717) is 0 Å². The van der Waals surface area contributed by atoms with Crippen LogP contribution >= 0.6 is 0 Å². The number of allylic oxidation sites excluding steroid dienone is 1. The molecule has 0 bridgehead atoms. The summed E-state index contributed by atoms with van der Waals surface area (Å²) in [5, 5.41) is 18.2. The molecule has 0 saturated heterocycles. The van der Waals surface area contributed by atoms with Crippen LogP contribution in [0.2, 0.25) is 0 Å². The molecule has 0 aliphatic carbocycles. The van der Waals surface area contributed by atoms with Crippen molar-refractivity contribution in [2.75, 3.05) is 0 Å². The molecule has 0 aliphatic heterocycles. The predicted octanol–water partition coefficient (Wildman–Crippen LogP) is 2.66. The number of carboxylic acids is 2. The van der Waals surface area contributed by atoms with Gasteiger partial charge in [0.1, 0.15) is 0 Å². The smallest absolute Gasteiger partial charge is 0.321 e. The van der Waals surface area contributed by atoms with Crippen molar-refractivity contribution in [3.05, 3.63) is 42.0 Å². The van der Waals surface area contributed by atoms with E-state index in [-0.39, 0.29) is 12.8 Å². The first kappa shape index (κ1) is 14.0. The fraction of sp³-hybridized carbons (Fsp3) is 0.286. The van der Waals surface area contributed by atoms with E-state index in [4.69, 9.17) is 10.2 Å². The van der Waals surface area contributed by atoms with Crippen LogP contribution < -0.4 is 0 Å². The van der Waals surface area contributed by atoms with Gasteiger partial charge in [-0.2, -0.15) is 0 Å². The van der Waals surface area contributed by atoms with Gasteiger partial charge in [0.15, 0.2) is 5.41 Å². The highest BCUT2D eigenvalue weighted by Gasteiger charge is 2.43. The zero-order valence-electron chi connectivity index (χ0n) is 10.2. The largest absolute Gasteiger partial charge is 0.480 e.